The van der Waals surface area contributed by atoms with Gasteiger partial charge in [-0.1, -0.05) is 31.4 Å². The number of carbonyl (C=O) groups is 1. The molecule has 0 aliphatic heterocycles. The molecule has 0 radical (unpaired) electrons. The molecule has 1 aromatic carbocycles. The van der Waals surface area contributed by atoms with E-state index in [9.17, 15) is 14.9 Å². The number of nitro benzene ring substituents is 1. The summed E-state index contributed by atoms with van der Waals surface area (Å²) < 4.78 is 2.11. The van der Waals surface area contributed by atoms with Crippen LogP contribution in [-0.4, -0.2) is 15.4 Å². The van der Waals surface area contributed by atoms with Crippen molar-refractivity contribution >= 4 is 11.6 Å². The zero-order valence-electron chi connectivity index (χ0n) is 14.4. The second-order valence-electron chi connectivity index (χ2n) is 6.81. The molecule has 2 N–H and O–H groups in total. The van der Waals surface area contributed by atoms with Gasteiger partial charge in [0, 0.05) is 35.6 Å². The summed E-state index contributed by atoms with van der Waals surface area (Å²) in [5.41, 5.74) is 8.44. The first-order valence-electron chi connectivity index (χ1n) is 8.72. The van der Waals surface area contributed by atoms with Crippen LogP contribution in [0.5, 0.6) is 0 Å². The standard InChI is InChI=1S/C19H23N3O3/c1-13-17(19(20)23)11-18(15-8-5-9-16(10-15)22(24)25)21(13)12-14-6-3-2-4-7-14/h5,8-11,14H,2-4,6-7,12H2,1H3,(H2,20,23). The fourth-order valence-corrected chi connectivity index (χ4v) is 3.78. The SMILES string of the molecule is Cc1c(C(N)=O)cc(-c2cccc([N+](=O)[O-])c2)n1CC1CCCCC1. The molecule has 0 spiro atoms. The molecule has 0 bridgehead atoms. The van der Waals surface area contributed by atoms with E-state index >= 15 is 0 Å². The van der Waals surface area contributed by atoms with Gasteiger partial charge in [-0.3, -0.25) is 14.9 Å². The fourth-order valence-electron chi connectivity index (χ4n) is 3.78. The Balaban J connectivity index is 2.05. The smallest absolute Gasteiger partial charge is 0.270 e. The normalized spacial score (nSPS) is 15.2. The minimum Gasteiger partial charge on any atom is -0.366 e. The molecule has 1 heterocycles. The van der Waals surface area contributed by atoms with Crippen molar-refractivity contribution in [3.8, 4) is 11.3 Å². The van der Waals surface area contributed by atoms with Crippen LogP contribution in [0.3, 0.4) is 0 Å². The topological polar surface area (TPSA) is 91.2 Å². The Morgan fingerprint density at radius 1 is 1.28 bits per heavy atom. The van der Waals surface area contributed by atoms with Crippen molar-refractivity contribution in [3.63, 3.8) is 0 Å². The predicted molar refractivity (Wildman–Crippen MR) is 96.4 cm³/mol. The maximum atomic E-state index is 11.8. The molecule has 3 rings (SSSR count). The molecule has 0 atom stereocenters. The van der Waals surface area contributed by atoms with E-state index in [2.05, 4.69) is 4.57 Å². The molecule has 1 saturated carbocycles. The highest BCUT2D eigenvalue weighted by atomic mass is 16.6. The van der Waals surface area contributed by atoms with E-state index in [0.29, 0.717) is 11.5 Å². The lowest BCUT2D eigenvalue weighted by Crippen LogP contribution is -2.17. The average molecular weight is 341 g/mol. The van der Waals surface area contributed by atoms with Crippen LogP contribution in [0, 0.1) is 23.0 Å². The number of benzene rings is 1. The van der Waals surface area contributed by atoms with Crippen molar-refractivity contribution < 1.29 is 9.72 Å². The quantitative estimate of drug-likeness (QED) is 0.657. The summed E-state index contributed by atoms with van der Waals surface area (Å²) in [6.45, 7) is 2.71. The van der Waals surface area contributed by atoms with E-state index in [4.69, 9.17) is 5.73 Å². The Morgan fingerprint density at radius 2 is 2.00 bits per heavy atom. The fraction of sp³-hybridized carbons (Fsp3) is 0.421. The van der Waals surface area contributed by atoms with Gasteiger partial charge in [-0.15, -0.1) is 0 Å². The van der Waals surface area contributed by atoms with Crippen LogP contribution in [0.25, 0.3) is 11.3 Å². The number of carbonyl (C=O) groups excluding carboxylic acids is 1. The van der Waals surface area contributed by atoms with Crippen molar-refractivity contribution in [3.05, 3.63) is 51.7 Å². The van der Waals surface area contributed by atoms with Crippen LogP contribution < -0.4 is 5.73 Å². The lowest BCUT2D eigenvalue weighted by molar-refractivity contribution is -0.384. The molecule has 0 saturated heterocycles. The first-order valence-corrected chi connectivity index (χ1v) is 8.72. The number of primary amides is 1. The minimum absolute atomic E-state index is 0.0428. The van der Waals surface area contributed by atoms with E-state index in [1.807, 2.05) is 13.0 Å². The third kappa shape index (κ3) is 3.57. The molecule has 0 unspecified atom stereocenters. The average Bonchev–Trinajstić information content (AvgIpc) is 2.93. The van der Waals surface area contributed by atoms with E-state index < -0.39 is 10.8 Å². The second-order valence-corrected chi connectivity index (χ2v) is 6.81. The molecule has 1 aliphatic rings. The number of nitro groups is 1. The third-order valence-electron chi connectivity index (χ3n) is 5.15. The Kier molecular flexibility index (Phi) is 4.88. The lowest BCUT2D eigenvalue weighted by atomic mass is 9.89. The summed E-state index contributed by atoms with van der Waals surface area (Å²) in [5, 5.41) is 11.1. The van der Waals surface area contributed by atoms with E-state index in [0.717, 1.165) is 23.5 Å². The van der Waals surface area contributed by atoms with Crippen molar-refractivity contribution in [1.29, 1.82) is 0 Å². The molecule has 1 aromatic heterocycles. The van der Waals surface area contributed by atoms with Crippen LogP contribution in [0.15, 0.2) is 30.3 Å². The van der Waals surface area contributed by atoms with Crippen molar-refractivity contribution in [2.45, 2.75) is 45.6 Å². The van der Waals surface area contributed by atoms with Crippen molar-refractivity contribution in [1.82, 2.24) is 4.57 Å². The van der Waals surface area contributed by atoms with E-state index in [1.54, 1.807) is 18.2 Å². The number of nitrogens with two attached hydrogens (primary N) is 1. The monoisotopic (exact) mass is 341 g/mol. The number of nitrogens with zero attached hydrogens (tertiary/aromatic N) is 2. The zero-order chi connectivity index (χ0) is 18.0. The zero-order valence-corrected chi connectivity index (χ0v) is 14.4. The summed E-state index contributed by atoms with van der Waals surface area (Å²) in [5.74, 6) is 0.101. The van der Waals surface area contributed by atoms with Gasteiger partial charge >= 0.3 is 0 Å². The van der Waals surface area contributed by atoms with Crippen LogP contribution in [0.1, 0.15) is 48.2 Å². The highest BCUT2D eigenvalue weighted by molar-refractivity contribution is 5.95. The number of hydrogen-bond acceptors (Lipinski definition) is 3. The Morgan fingerprint density at radius 3 is 2.64 bits per heavy atom. The maximum Gasteiger partial charge on any atom is 0.270 e. The van der Waals surface area contributed by atoms with Crippen molar-refractivity contribution in [2.24, 2.45) is 11.7 Å². The van der Waals surface area contributed by atoms with Crippen molar-refractivity contribution in [2.75, 3.05) is 0 Å². The van der Waals surface area contributed by atoms with E-state index in [1.165, 1.54) is 38.2 Å². The minimum atomic E-state index is -0.466. The predicted octanol–water partition coefficient (Wildman–Crippen LogP) is 4.05. The summed E-state index contributed by atoms with van der Waals surface area (Å²) in [7, 11) is 0. The highest BCUT2D eigenvalue weighted by Gasteiger charge is 2.21. The molecular weight excluding hydrogens is 318 g/mol. The first-order chi connectivity index (χ1) is 12.0. The van der Waals surface area contributed by atoms with Gasteiger partial charge < -0.3 is 10.3 Å². The Hall–Kier alpha value is -2.63. The maximum absolute atomic E-state index is 11.8. The van der Waals surface area contributed by atoms with Gasteiger partial charge in [-0.2, -0.15) is 0 Å². The molecule has 1 fully saturated rings. The van der Waals surface area contributed by atoms with Gasteiger partial charge in [0.1, 0.15) is 0 Å². The summed E-state index contributed by atoms with van der Waals surface area (Å²) in [4.78, 5) is 22.5. The highest BCUT2D eigenvalue weighted by Crippen LogP contribution is 2.32. The second kappa shape index (κ2) is 7.09. The summed E-state index contributed by atoms with van der Waals surface area (Å²) in [6.07, 6.45) is 6.11. The van der Waals surface area contributed by atoms with Crippen LogP contribution >= 0.6 is 0 Å². The molecule has 2 aromatic rings. The van der Waals surface area contributed by atoms with Gasteiger partial charge in [0.15, 0.2) is 0 Å². The molecule has 25 heavy (non-hydrogen) atoms. The number of non-ortho nitro benzene ring substituents is 1. The largest absolute Gasteiger partial charge is 0.366 e. The van der Waals surface area contributed by atoms with Gasteiger partial charge in [-0.25, -0.2) is 0 Å². The van der Waals surface area contributed by atoms with Crippen LogP contribution in [0.2, 0.25) is 0 Å². The van der Waals surface area contributed by atoms with Crippen LogP contribution in [-0.2, 0) is 6.54 Å². The number of hydrogen-bond donors (Lipinski definition) is 1. The third-order valence-corrected chi connectivity index (χ3v) is 5.15. The number of aromatic nitrogens is 1. The molecule has 132 valence electrons. The Labute approximate surface area is 146 Å². The lowest BCUT2D eigenvalue weighted by Gasteiger charge is -2.24. The molecule has 1 aliphatic carbocycles. The van der Waals surface area contributed by atoms with Gasteiger partial charge in [0.25, 0.3) is 11.6 Å². The first kappa shape index (κ1) is 17.2. The molecular formula is C19H23N3O3. The van der Waals surface area contributed by atoms with Gasteiger partial charge in [-0.05, 0) is 31.7 Å². The summed E-state index contributed by atoms with van der Waals surface area (Å²) >= 11 is 0. The molecule has 6 heteroatoms. The number of rotatable bonds is 5. The molecule has 6 nitrogen and oxygen atoms in total. The van der Waals surface area contributed by atoms with E-state index in [-0.39, 0.29) is 5.69 Å². The summed E-state index contributed by atoms with van der Waals surface area (Å²) in [6, 6.07) is 8.30. The van der Waals surface area contributed by atoms with Gasteiger partial charge in [0.05, 0.1) is 10.5 Å². The number of amides is 1. The van der Waals surface area contributed by atoms with Gasteiger partial charge in [0.2, 0.25) is 0 Å². The van der Waals surface area contributed by atoms with Crippen LogP contribution in [0.4, 0.5) is 5.69 Å². The molecule has 1 amide bonds. The Bertz CT molecular complexity index is 804.